The Hall–Kier alpha value is -3.06. The molecule has 0 fully saturated rings. The zero-order chi connectivity index (χ0) is 20.2. The van der Waals surface area contributed by atoms with Gasteiger partial charge in [0.2, 0.25) is 5.89 Å². The maximum Gasteiger partial charge on any atom is 0.254 e. The SMILES string of the molecule is CCCCc1nc(Cl)c2cc(-c3nnc(COc4ccc(OC)cc4)o3)ccn12. The number of hydrogen-bond acceptors (Lipinski definition) is 6. The molecule has 150 valence electrons. The molecule has 1 aromatic carbocycles. The van der Waals surface area contributed by atoms with Crippen molar-refractivity contribution in [3.63, 3.8) is 0 Å². The van der Waals surface area contributed by atoms with Gasteiger partial charge in [0.15, 0.2) is 11.8 Å². The summed E-state index contributed by atoms with van der Waals surface area (Å²) in [6, 6.07) is 11.1. The van der Waals surface area contributed by atoms with Crippen LogP contribution in [0.1, 0.15) is 31.5 Å². The van der Waals surface area contributed by atoms with Gasteiger partial charge in [-0.3, -0.25) is 0 Å². The predicted molar refractivity (Wildman–Crippen MR) is 109 cm³/mol. The van der Waals surface area contributed by atoms with Gasteiger partial charge in [0.1, 0.15) is 17.3 Å². The first kappa shape index (κ1) is 19.3. The molecule has 0 saturated carbocycles. The third-order valence-electron chi connectivity index (χ3n) is 4.56. The van der Waals surface area contributed by atoms with Crippen molar-refractivity contribution < 1.29 is 13.9 Å². The van der Waals surface area contributed by atoms with Crippen molar-refractivity contribution in [2.24, 2.45) is 0 Å². The van der Waals surface area contributed by atoms with Gasteiger partial charge in [-0.05, 0) is 42.8 Å². The lowest BCUT2D eigenvalue weighted by atomic mass is 10.2. The minimum atomic E-state index is 0.177. The first-order chi connectivity index (χ1) is 14.2. The molecule has 0 N–H and O–H groups in total. The summed E-state index contributed by atoms with van der Waals surface area (Å²) in [5.41, 5.74) is 1.61. The van der Waals surface area contributed by atoms with E-state index in [4.69, 9.17) is 25.5 Å². The number of rotatable bonds is 8. The van der Waals surface area contributed by atoms with Crippen molar-refractivity contribution in [2.45, 2.75) is 32.8 Å². The summed E-state index contributed by atoms with van der Waals surface area (Å²) in [4.78, 5) is 4.48. The van der Waals surface area contributed by atoms with Crippen LogP contribution in [-0.2, 0) is 13.0 Å². The van der Waals surface area contributed by atoms with Gasteiger partial charge in [0, 0.05) is 18.2 Å². The Balaban J connectivity index is 1.49. The van der Waals surface area contributed by atoms with Crippen LogP contribution >= 0.6 is 11.6 Å². The Labute approximate surface area is 173 Å². The van der Waals surface area contributed by atoms with E-state index in [0.717, 1.165) is 41.9 Å². The van der Waals surface area contributed by atoms with Crippen LogP contribution < -0.4 is 9.47 Å². The van der Waals surface area contributed by atoms with E-state index in [9.17, 15) is 0 Å². The summed E-state index contributed by atoms with van der Waals surface area (Å²) in [6.45, 7) is 2.33. The zero-order valence-electron chi connectivity index (χ0n) is 16.3. The highest BCUT2D eigenvalue weighted by Crippen LogP contribution is 2.26. The van der Waals surface area contributed by atoms with Gasteiger partial charge in [0.25, 0.3) is 5.89 Å². The Morgan fingerprint density at radius 2 is 1.90 bits per heavy atom. The standard InChI is InChI=1S/C21H21ClN4O3/c1-3-4-5-18-23-20(22)17-12-14(10-11-26(17)18)21-25-24-19(29-21)13-28-16-8-6-15(27-2)7-9-16/h6-12H,3-5,13H2,1-2H3. The molecule has 3 aromatic heterocycles. The van der Waals surface area contributed by atoms with E-state index in [0.29, 0.717) is 22.7 Å². The topological polar surface area (TPSA) is 74.7 Å². The number of imidazole rings is 1. The van der Waals surface area contributed by atoms with Crippen LogP contribution in [0.25, 0.3) is 17.0 Å². The molecule has 0 aliphatic heterocycles. The Bertz CT molecular complexity index is 1110. The number of aromatic nitrogens is 4. The number of benzene rings is 1. The highest BCUT2D eigenvalue weighted by Gasteiger charge is 2.14. The van der Waals surface area contributed by atoms with E-state index < -0.39 is 0 Å². The molecule has 0 bridgehead atoms. The van der Waals surface area contributed by atoms with E-state index >= 15 is 0 Å². The highest BCUT2D eigenvalue weighted by atomic mass is 35.5. The lowest BCUT2D eigenvalue weighted by molar-refractivity contribution is 0.264. The van der Waals surface area contributed by atoms with Crippen molar-refractivity contribution >= 4 is 17.1 Å². The third kappa shape index (κ3) is 4.19. The molecule has 4 rings (SSSR count). The second kappa shape index (κ2) is 8.53. The molecule has 3 heterocycles. The fourth-order valence-corrected chi connectivity index (χ4v) is 3.24. The van der Waals surface area contributed by atoms with Crippen molar-refractivity contribution in [3.05, 3.63) is 59.5 Å². The maximum absolute atomic E-state index is 6.33. The van der Waals surface area contributed by atoms with Gasteiger partial charge < -0.3 is 18.3 Å². The summed E-state index contributed by atoms with van der Waals surface area (Å²) in [6.07, 6.45) is 5.00. The van der Waals surface area contributed by atoms with Gasteiger partial charge >= 0.3 is 0 Å². The summed E-state index contributed by atoms with van der Waals surface area (Å²) < 4.78 is 18.6. The molecule has 0 aliphatic carbocycles. The molecule has 7 nitrogen and oxygen atoms in total. The lowest BCUT2D eigenvalue weighted by Gasteiger charge is -2.04. The summed E-state index contributed by atoms with van der Waals surface area (Å²) in [7, 11) is 1.62. The van der Waals surface area contributed by atoms with Crippen LogP contribution in [0.4, 0.5) is 0 Å². The van der Waals surface area contributed by atoms with Gasteiger partial charge in [-0.15, -0.1) is 10.2 Å². The molecule has 0 saturated heterocycles. The molecule has 0 aliphatic rings. The number of ether oxygens (including phenoxy) is 2. The zero-order valence-corrected chi connectivity index (χ0v) is 17.0. The molecule has 29 heavy (non-hydrogen) atoms. The lowest BCUT2D eigenvalue weighted by Crippen LogP contribution is -1.95. The quantitative estimate of drug-likeness (QED) is 0.407. The third-order valence-corrected chi connectivity index (χ3v) is 4.84. The first-order valence-corrected chi connectivity index (χ1v) is 9.82. The number of pyridine rings is 1. The largest absolute Gasteiger partial charge is 0.497 e. The van der Waals surface area contributed by atoms with Crippen LogP contribution in [0.3, 0.4) is 0 Å². The molecule has 0 radical (unpaired) electrons. The fraction of sp³-hybridized carbons (Fsp3) is 0.286. The molecule has 4 aromatic rings. The first-order valence-electron chi connectivity index (χ1n) is 9.44. The second-order valence-corrected chi connectivity index (χ2v) is 6.92. The molecule has 0 spiro atoms. The minimum absolute atomic E-state index is 0.177. The van der Waals surface area contributed by atoms with Crippen LogP contribution in [0.2, 0.25) is 5.15 Å². The average molecular weight is 413 g/mol. The minimum Gasteiger partial charge on any atom is -0.497 e. The van der Waals surface area contributed by atoms with E-state index in [-0.39, 0.29) is 6.61 Å². The van der Waals surface area contributed by atoms with Crippen LogP contribution in [0.15, 0.2) is 47.0 Å². The van der Waals surface area contributed by atoms with Crippen molar-refractivity contribution in [1.29, 1.82) is 0 Å². The molecule has 0 unspecified atom stereocenters. The van der Waals surface area contributed by atoms with Gasteiger partial charge in [-0.2, -0.15) is 0 Å². The molecule has 0 amide bonds. The summed E-state index contributed by atoms with van der Waals surface area (Å²) in [5.74, 6) is 3.21. The molecular weight excluding hydrogens is 392 g/mol. The second-order valence-electron chi connectivity index (χ2n) is 6.56. The smallest absolute Gasteiger partial charge is 0.254 e. The average Bonchev–Trinajstić information content (AvgIpc) is 3.35. The maximum atomic E-state index is 6.33. The van der Waals surface area contributed by atoms with Gasteiger partial charge in [0.05, 0.1) is 12.6 Å². The summed E-state index contributed by atoms with van der Waals surface area (Å²) >= 11 is 6.33. The van der Waals surface area contributed by atoms with Crippen LogP contribution in [0.5, 0.6) is 11.5 Å². The van der Waals surface area contributed by atoms with Gasteiger partial charge in [-0.1, -0.05) is 24.9 Å². The number of fused-ring (bicyclic) bond motifs is 1. The molecule has 0 atom stereocenters. The highest BCUT2D eigenvalue weighted by molar-refractivity contribution is 6.32. The monoisotopic (exact) mass is 412 g/mol. The number of methoxy groups -OCH3 is 1. The predicted octanol–water partition coefficient (Wildman–Crippen LogP) is 4.97. The molecular formula is C21H21ClN4O3. The van der Waals surface area contributed by atoms with E-state index in [1.165, 1.54) is 0 Å². The van der Waals surface area contributed by atoms with Crippen LogP contribution in [-0.4, -0.2) is 26.7 Å². The number of unbranched alkanes of at least 4 members (excludes halogenated alkanes) is 1. The fourth-order valence-electron chi connectivity index (χ4n) is 3.00. The normalized spacial score (nSPS) is 11.1. The van der Waals surface area contributed by atoms with Crippen molar-refractivity contribution in [1.82, 2.24) is 19.6 Å². The Morgan fingerprint density at radius 3 is 2.66 bits per heavy atom. The number of halogens is 1. The van der Waals surface area contributed by atoms with E-state index in [2.05, 4.69) is 22.1 Å². The van der Waals surface area contributed by atoms with E-state index in [1.54, 1.807) is 7.11 Å². The number of nitrogens with zero attached hydrogens (tertiary/aromatic N) is 4. The van der Waals surface area contributed by atoms with Crippen molar-refractivity contribution in [3.8, 4) is 23.0 Å². The molecule has 8 heteroatoms. The van der Waals surface area contributed by atoms with E-state index in [1.807, 2.05) is 47.0 Å². The Kier molecular flexibility index (Phi) is 5.67. The van der Waals surface area contributed by atoms with Gasteiger partial charge in [-0.25, -0.2) is 4.98 Å². The Morgan fingerprint density at radius 1 is 1.10 bits per heavy atom. The number of hydrogen-bond donors (Lipinski definition) is 0. The van der Waals surface area contributed by atoms with Crippen molar-refractivity contribution in [2.75, 3.05) is 7.11 Å². The summed E-state index contributed by atoms with van der Waals surface area (Å²) in [5, 5.41) is 8.67. The van der Waals surface area contributed by atoms with Crippen LogP contribution in [0, 0.1) is 0 Å². The number of aryl methyl sites for hydroxylation is 1.